The highest BCUT2D eigenvalue weighted by atomic mass is 32.2. The molecular formula is C14H16N2O7S4. The summed E-state index contributed by atoms with van der Waals surface area (Å²) in [5.41, 5.74) is -0.0589. The fourth-order valence-corrected chi connectivity index (χ4v) is 4.33. The first-order valence-corrected chi connectivity index (χ1v) is 11.0. The molecule has 1 N–H and O–H groups in total. The Morgan fingerprint density at radius 1 is 1.00 bits per heavy atom. The van der Waals surface area contributed by atoms with Gasteiger partial charge in [0, 0.05) is 6.92 Å². The van der Waals surface area contributed by atoms with Gasteiger partial charge >= 0.3 is 17.9 Å². The summed E-state index contributed by atoms with van der Waals surface area (Å²) in [6, 6.07) is 0. The van der Waals surface area contributed by atoms with Gasteiger partial charge in [-0.2, -0.15) is 4.37 Å². The number of H-pyrrole nitrogens is 1. The third-order valence-electron chi connectivity index (χ3n) is 2.69. The van der Waals surface area contributed by atoms with Crippen molar-refractivity contribution in [1.82, 2.24) is 8.75 Å². The Balaban J connectivity index is 0.000000277. The maximum Gasteiger partial charge on any atom is 0.345 e. The van der Waals surface area contributed by atoms with Crippen LogP contribution in [0.15, 0.2) is 13.2 Å². The number of nitrogens with one attached hydrogen (secondary N) is 1. The van der Waals surface area contributed by atoms with Gasteiger partial charge in [-0.25, -0.2) is 9.59 Å². The van der Waals surface area contributed by atoms with Crippen molar-refractivity contribution in [2.24, 2.45) is 0 Å². The highest BCUT2D eigenvalue weighted by Crippen LogP contribution is 2.33. The molecule has 9 nitrogen and oxygen atoms in total. The summed E-state index contributed by atoms with van der Waals surface area (Å²) >= 11 is 4.94. The van der Waals surface area contributed by atoms with E-state index in [1.165, 1.54) is 44.7 Å². The van der Waals surface area contributed by atoms with Crippen molar-refractivity contribution in [3.63, 3.8) is 0 Å². The molecule has 0 aromatic carbocycles. The number of carbonyl (C=O) groups is 3. The number of rotatable bonds is 5. The highest BCUT2D eigenvalue weighted by molar-refractivity contribution is 8.00. The van der Waals surface area contributed by atoms with Gasteiger partial charge in [0.2, 0.25) is 5.88 Å². The van der Waals surface area contributed by atoms with Crippen LogP contribution in [0.3, 0.4) is 0 Å². The van der Waals surface area contributed by atoms with Gasteiger partial charge in [-0.05, 0) is 24.0 Å². The van der Waals surface area contributed by atoms with Gasteiger partial charge in [-0.1, -0.05) is 11.5 Å². The minimum Gasteiger partial charge on any atom is -0.465 e. The molecule has 2 aromatic rings. The van der Waals surface area contributed by atoms with Crippen LogP contribution in [0.1, 0.15) is 27.6 Å². The molecule has 13 heteroatoms. The smallest absolute Gasteiger partial charge is 0.345 e. The second-order valence-electron chi connectivity index (χ2n) is 4.33. The summed E-state index contributed by atoms with van der Waals surface area (Å²) in [4.78, 5) is 44.2. The molecule has 2 rings (SSSR count). The molecule has 0 saturated carbocycles. The maximum absolute atomic E-state index is 11.4. The first-order chi connectivity index (χ1) is 12.8. The molecule has 0 spiro atoms. The molecule has 27 heavy (non-hydrogen) atoms. The molecular weight excluding hydrogens is 436 g/mol. The van der Waals surface area contributed by atoms with Gasteiger partial charge in [-0.15, -0.1) is 23.5 Å². The second-order valence-corrected chi connectivity index (χ2v) is 8.07. The summed E-state index contributed by atoms with van der Waals surface area (Å²) in [6.45, 7) is 1.25. The lowest BCUT2D eigenvalue weighted by atomic mass is 10.3. The van der Waals surface area contributed by atoms with Crippen LogP contribution in [0.2, 0.25) is 0 Å². The Morgan fingerprint density at radius 2 is 1.56 bits per heavy atom. The molecule has 2 heterocycles. The van der Waals surface area contributed by atoms with Crippen molar-refractivity contribution in [2.75, 3.05) is 26.7 Å². The second kappa shape index (κ2) is 11.1. The lowest BCUT2D eigenvalue weighted by molar-refractivity contribution is -0.132. The van der Waals surface area contributed by atoms with Crippen LogP contribution in [0.5, 0.6) is 5.88 Å². The van der Waals surface area contributed by atoms with E-state index < -0.39 is 17.9 Å². The van der Waals surface area contributed by atoms with Gasteiger partial charge < -0.3 is 14.2 Å². The molecule has 0 bridgehead atoms. The number of carbonyl (C=O) groups excluding carboxylic acids is 3. The number of aromatic amines is 1. The predicted octanol–water partition coefficient (Wildman–Crippen LogP) is 2.52. The average Bonchev–Trinajstić information content (AvgIpc) is 3.23. The van der Waals surface area contributed by atoms with Gasteiger partial charge in [0.15, 0.2) is 5.56 Å². The first-order valence-electron chi connectivity index (χ1n) is 6.94. The number of nitrogens with zero attached hydrogens (tertiary/aromatic N) is 1. The van der Waals surface area contributed by atoms with Gasteiger partial charge in [0.25, 0.3) is 5.56 Å². The van der Waals surface area contributed by atoms with Crippen molar-refractivity contribution >= 4 is 64.5 Å². The zero-order valence-electron chi connectivity index (χ0n) is 14.9. The fourth-order valence-electron chi connectivity index (χ4n) is 1.59. The molecule has 0 atom stereocenters. The van der Waals surface area contributed by atoms with Crippen molar-refractivity contribution in [1.29, 1.82) is 0 Å². The Morgan fingerprint density at radius 3 is 2.04 bits per heavy atom. The van der Waals surface area contributed by atoms with E-state index in [0.29, 0.717) is 8.42 Å². The lowest BCUT2D eigenvalue weighted by Gasteiger charge is -2.01. The zero-order chi connectivity index (χ0) is 20.6. The van der Waals surface area contributed by atoms with E-state index in [1.54, 1.807) is 12.5 Å². The molecule has 148 valence electrons. The Kier molecular flexibility index (Phi) is 9.55. The summed E-state index contributed by atoms with van der Waals surface area (Å²) in [7, 11) is 2.52. The van der Waals surface area contributed by atoms with Gasteiger partial charge in [-0.3, -0.25) is 14.0 Å². The Labute approximate surface area is 171 Å². The van der Waals surface area contributed by atoms with E-state index in [9.17, 15) is 19.2 Å². The molecule has 0 aliphatic heterocycles. The number of thioether (sulfide) groups is 2. The quantitative estimate of drug-likeness (QED) is 0.534. The Hall–Kier alpha value is -1.83. The lowest BCUT2D eigenvalue weighted by Crippen LogP contribution is -2.14. The third-order valence-corrected chi connectivity index (χ3v) is 6.61. The minimum absolute atomic E-state index is 0.0173. The highest BCUT2D eigenvalue weighted by Gasteiger charge is 2.23. The number of methoxy groups -OCH3 is 2. The summed E-state index contributed by atoms with van der Waals surface area (Å²) in [5, 5.41) is 0. The van der Waals surface area contributed by atoms with Crippen molar-refractivity contribution in [2.45, 2.75) is 15.3 Å². The fraction of sp³-hybridized carbons (Fsp3) is 0.357. The average molecular weight is 453 g/mol. The molecule has 0 radical (unpaired) electrons. The van der Waals surface area contributed by atoms with Gasteiger partial charge in [0.05, 0.1) is 22.6 Å². The number of esters is 3. The molecule has 0 aliphatic rings. The standard InChI is InChI=1S/C8H9NO4S2.C6H7NO3S2/c1-4(10)13-6-5(7(11)12-2)8(14-3)15-9-6;1-10-5(9)3-4(8)7-12-6(3)11-2/h1-3H3;1-2H3,(H,7,8). The van der Waals surface area contributed by atoms with Crippen molar-refractivity contribution in [3.8, 4) is 5.88 Å². The summed E-state index contributed by atoms with van der Waals surface area (Å²) in [5.74, 6) is -1.63. The molecule has 0 amide bonds. The van der Waals surface area contributed by atoms with Crippen LogP contribution in [0.4, 0.5) is 0 Å². The monoisotopic (exact) mass is 452 g/mol. The van der Waals surface area contributed by atoms with E-state index in [2.05, 4.69) is 18.2 Å². The number of ether oxygens (including phenoxy) is 3. The largest absolute Gasteiger partial charge is 0.465 e. The normalized spacial score (nSPS) is 9.81. The maximum atomic E-state index is 11.4. The van der Waals surface area contributed by atoms with E-state index >= 15 is 0 Å². The van der Waals surface area contributed by atoms with Crippen LogP contribution in [0, 0.1) is 0 Å². The van der Waals surface area contributed by atoms with E-state index in [1.807, 2.05) is 0 Å². The number of hydrogen-bond acceptors (Lipinski definition) is 12. The minimum atomic E-state index is -0.582. The first kappa shape index (κ1) is 23.2. The van der Waals surface area contributed by atoms with Gasteiger partial charge in [0.1, 0.15) is 5.56 Å². The van der Waals surface area contributed by atoms with E-state index in [4.69, 9.17) is 4.74 Å². The number of aromatic nitrogens is 2. The van der Waals surface area contributed by atoms with E-state index in [-0.39, 0.29) is 22.6 Å². The van der Waals surface area contributed by atoms with Crippen LogP contribution in [-0.4, -0.2) is 53.4 Å². The van der Waals surface area contributed by atoms with E-state index in [0.717, 1.165) is 23.1 Å². The number of hydrogen-bond donors (Lipinski definition) is 1. The van der Waals surface area contributed by atoms with Crippen LogP contribution in [0.25, 0.3) is 0 Å². The molecule has 0 saturated heterocycles. The topological polar surface area (TPSA) is 125 Å². The molecule has 2 aromatic heterocycles. The SMILES string of the molecule is COC(=O)c1c(OC(C)=O)nsc1SC.COC(=O)c1c(SC)s[nH]c1=O. The zero-order valence-corrected chi connectivity index (χ0v) is 18.2. The van der Waals surface area contributed by atoms with Crippen LogP contribution in [-0.2, 0) is 14.3 Å². The molecule has 0 unspecified atom stereocenters. The molecule has 0 aliphatic carbocycles. The predicted molar refractivity (Wildman–Crippen MR) is 105 cm³/mol. The third kappa shape index (κ3) is 6.09. The summed E-state index contributed by atoms with van der Waals surface area (Å²) in [6.07, 6.45) is 3.60. The van der Waals surface area contributed by atoms with Crippen LogP contribution >= 0.6 is 46.6 Å². The Bertz CT molecular complexity index is 871. The molecule has 0 fully saturated rings. The van der Waals surface area contributed by atoms with Crippen LogP contribution < -0.4 is 10.3 Å². The van der Waals surface area contributed by atoms with Crippen molar-refractivity contribution in [3.05, 3.63) is 21.5 Å². The van der Waals surface area contributed by atoms with Crippen molar-refractivity contribution < 1.29 is 28.6 Å². The summed E-state index contributed by atoms with van der Waals surface area (Å²) < 4.78 is 21.5.